The molecule has 0 bridgehead atoms. The lowest BCUT2D eigenvalue weighted by molar-refractivity contribution is 0.0688. The predicted octanol–water partition coefficient (Wildman–Crippen LogP) is 1.32. The van der Waals surface area contributed by atoms with Gasteiger partial charge in [-0.25, -0.2) is 9.78 Å². The number of aromatic carboxylic acids is 1. The third-order valence-electron chi connectivity index (χ3n) is 1.41. The second-order valence-electron chi connectivity index (χ2n) is 2.06. The summed E-state index contributed by atoms with van der Waals surface area (Å²) < 4.78 is 1.36. The molecule has 0 radical (unpaired) electrons. The Hall–Kier alpha value is -1.84. The Labute approximate surface area is 69.5 Å². The topological polar surface area (TPSA) is 55.1 Å². The summed E-state index contributed by atoms with van der Waals surface area (Å²) in [6, 6.07) is 0. The second-order valence-corrected chi connectivity index (χ2v) is 2.06. The third kappa shape index (κ3) is 1.14. The molecular formula is C8H8N2O2. The second kappa shape index (κ2) is 3.04. The Morgan fingerprint density at radius 1 is 1.67 bits per heavy atom. The van der Waals surface area contributed by atoms with Gasteiger partial charge < -0.3 is 5.11 Å². The molecule has 0 spiro atoms. The van der Waals surface area contributed by atoms with Gasteiger partial charge in [0.05, 0.1) is 6.20 Å². The number of hydrogen-bond acceptors (Lipinski definition) is 2. The lowest BCUT2D eigenvalue weighted by Gasteiger charge is -1.98. The van der Waals surface area contributed by atoms with Crippen LogP contribution in [-0.4, -0.2) is 20.6 Å². The number of imidazole rings is 1. The Morgan fingerprint density at radius 2 is 2.33 bits per heavy atom. The van der Waals surface area contributed by atoms with E-state index in [0.717, 1.165) is 0 Å². The first-order chi connectivity index (χ1) is 5.70. The minimum absolute atomic E-state index is 0.0832. The summed E-state index contributed by atoms with van der Waals surface area (Å²) in [7, 11) is 0. The Bertz CT molecular complexity index is 339. The molecule has 0 unspecified atom stereocenters. The van der Waals surface area contributed by atoms with Crippen LogP contribution in [0.4, 0.5) is 0 Å². The van der Waals surface area contributed by atoms with E-state index in [1.165, 1.54) is 23.0 Å². The largest absolute Gasteiger partial charge is 0.477 e. The van der Waals surface area contributed by atoms with Gasteiger partial charge in [0.15, 0.2) is 5.69 Å². The predicted molar refractivity (Wildman–Crippen MR) is 45.7 cm³/mol. The third-order valence-corrected chi connectivity index (χ3v) is 1.41. The molecule has 1 N–H and O–H groups in total. The fourth-order valence-electron chi connectivity index (χ4n) is 0.876. The molecule has 0 fully saturated rings. The summed E-state index contributed by atoms with van der Waals surface area (Å²) in [6.07, 6.45) is 4.11. The lowest BCUT2D eigenvalue weighted by atomic mass is 10.5. The molecule has 0 aromatic carbocycles. The molecule has 1 rings (SSSR count). The molecule has 0 amide bonds. The van der Waals surface area contributed by atoms with Crippen LogP contribution in [-0.2, 0) is 0 Å². The summed E-state index contributed by atoms with van der Waals surface area (Å²) in [5.74, 6) is -0.557. The maximum atomic E-state index is 10.6. The first-order valence-corrected chi connectivity index (χ1v) is 3.26. The van der Waals surface area contributed by atoms with Crippen molar-refractivity contribution in [2.45, 2.75) is 0 Å². The quantitative estimate of drug-likeness (QED) is 0.733. The first kappa shape index (κ1) is 8.26. The molecule has 4 nitrogen and oxygen atoms in total. The van der Waals surface area contributed by atoms with Gasteiger partial charge in [-0.3, -0.25) is 4.57 Å². The van der Waals surface area contributed by atoms with Crippen molar-refractivity contribution in [3.63, 3.8) is 0 Å². The highest BCUT2D eigenvalue weighted by Crippen LogP contribution is 2.06. The van der Waals surface area contributed by atoms with Gasteiger partial charge in [0.2, 0.25) is 0 Å². The SMILES string of the molecule is C=Cc1ncc(C(=O)O)n1C=C. The van der Waals surface area contributed by atoms with E-state index in [1.54, 1.807) is 0 Å². The van der Waals surface area contributed by atoms with Gasteiger partial charge in [-0.1, -0.05) is 13.2 Å². The fourth-order valence-corrected chi connectivity index (χ4v) is 0.876. The summed E-state index contributed by atoms with van der Waals surface area (Å²) >= 11 is 0. The molecule has 0 saturated carbocycles. The number of aromatic nitrogens is 2. The van der Waals surface area contributed by atoms with E-state index >= 15 is 0 Å². The fraction of sp³-hybridized carbons (Fsp3) is 0. The van der Waals surface area contributed by atoms with Crippen molar-refractivity contribution >= 4 is 18.2 Å². The van der Waals surface area contributed by atoms with Crippen LogP contribution in [0.3, 0.4) is 0 Å². The van der Waals surface area contributed by atoms with Crippen LogP contribution in [0, 0.1) is 0 Å². The highest BCUT2D eigenvalue weighted by Gasteiger charge is 2.10. The summed E-state index contributed by atoms with van der Waals surface area (Å²) in [5.41, 5.74) is 0.0832. The highest BCUT2D eigenvalue weighted by molar-refractivity contribution is 5.86. The Morgan fingerprint density at radius 3 is 2.75 bits per heavy atom. The van der Waals surface area contributed by atoms with Crippen molar-refractivity contribution in [1.29, 1.82) is 0 Å². The molecule has 0 atom stereocenters. The van der Waals surface area contributed by atoms with Gasteiger partial charge in [0.25, 0.3) is 0 Å². The minimum atomic E-state index is -1.03. The number of carboxylic acids is 1. The first-order valence-electron chi connectivity index (χ1n) is 3.26. The maximum Gasteiger partial charge on any atom is 0.354 e. The van der Waals surface area contributed by atoms with Crippen LogP contribution >= 0.6 is 0 Å². The van der Waals surface area contributed by atoms with Gasteiger partial charge >= 0.3 is 5.97 Å². The molecule has 0 aliphatic carbocycles. The van der Waals surface area contributed by atoms with Crippen molar-refractivity contribution < 1.29 is 9.90 Å². The Kier molecular flexibility index (Phi) is 2.09. The van der Waals surface area contributed by atoms with Gasteiger partial charge in [0, 0.05) is 6.20 Å². The molecule has 0 aliphatic heterocycles. The number of carboxylic acid groups (broad SMARTS) is 1. The average Bonchev–Trinajstić information content (AvgIpc) is 2.46. The van der Waals surface area contributed by atoms with E-state index in [4.69, 9.17) is 5.11 Å². The number of rotatable bonds is 3. The van der Waals surface area contributed by atoms with Gasteiger partial charge in [-0.05, 0) is 6.08 Å². The van der Waals surface area contributed by atoms with E-state index in [0.29, 0.717) is 5.82 Å². The number of carbonyl (C=O) groups is 1. The minimum Gasteiger partial charge on any atom is -0.477 e. The van der Waals surface area contributed by atoms with E-state index < -0.39 is 5.97 Å². The van der Waals surface area contributed by atoms with Crippen molar-refractivity contribution in [2.75, 3.05) is 0 Å². The summed E-state index contributed by atoms with van der Waals surface area (Å²) in [4.78, 5) is 14.4. The van der Waals surface area contributed by atoms with E-state index in [2.05, 4.69) is 18.1 Å². The summed E-state index contributed by atoms with van der Waals surface area (Å²) in [6.45, 7) is 6.95. The average molecular weight is 164 g/mol. The number of nitrogens with zero attached hydrogens (tertiary/aromatic N) is 2. The van der Waals surface area contributed by atoms with Gasteiger partial charge in [0.1, 0.15) is 5.82 Å². The van der Waals surface area contributed by atoms with E-state index in [-0.39, 0.29) is 5.69 Å². The molecule has 1 heterocycles. The van der Waals surface area contributed by atoms with E-state index in [1.807, 2.05) is 0 Å². The van der Waals surface area contributed by atoms with Crippen molar-refractivity contribution in [3.05, 3.63) is 30.9 Å². The molecule has 1 aromatic rings. The standard InChI is InChI=1S/C8H8N2O2/c1-3-7-9-5-6(8(11)12)10(7)4-2/h3-5H,1-2H2,(H,11,12). The summed E-state index contributed by atoms with van der Waals surface area (Å²) in [5, 5.41) is 8.66. The molecule has 1 aromatic heterocycles. The van der Waals surface area contributed by atoms with E-state index in [9.17, 15) is 4.79 Å². The highest BCUT2D eigenvalue weighted by atomic mass is 16.4. The number of hydrogen-bond donors (Lipinski definition) is 1. The molecule has 0 saturated heterocycles. The zero-order chi connectivity index (χ0) is 9.14. The van der Waals surface area contributed by atoms with Crippen molar-refractivity contribution in [1.82, 2.24) is 9.55 Å². The normalized spacial score (nSPS) is 9.33. The van der Waals surface area contributed by atoms with Crippen LogP contribution < -0.4 is 0 Å². The zero-order valence-corrected chi connectivity index (χ0v) is 6.40. The van der Waals surface area contributed by atoms with Crippen LogP contribution in [0.15, 0.2) is 19.4 Å². The molecule has 12 heavy (non-hydrogen) atoms. The maximum absolute atomic E-state index is 10.6. The van der Waals surface area contributed by atoms with Gasteiger partial charge in [-0.2, -0.15) is 0 Å². The van der Waals surface area contributed by atoms with Crippen molar-refractivity contribution in [2.24, 2.45) is 0 Å². The monoisotopic (exact) mass is 164 g/mol. The molecule has 0 aliphatic rings. The van der Waals surface area contributed by atoms with Crippen LogP contribution in [0.1, 0.15) is 16.3 Å². The smallest absolute Gasteiger partial charge is 0.354 e. The molecule has 62 valence electrons. The Balaban J connectivity index is 3.31. The van der Waals surface area contributed by atoms with Crippen LogP contribution in [0.5, 0.6) is 0 Å². The van der Waals surface area contributed by atoms with Gasteiger partial charge in [-0.15, -0.1) is 0 Å². The van der Waals surface area contributed by atoms with Crippen LogP contribution in [0.25, 0.3) is 12.3 Å². The van der Waals surface area contributed by atoms with Crippen LogP contribution in [0.2, 0.25) is 0 Å². The zero-order valence-electron chi connectivity index (χ0n) is 6.40. The molecule has 4 heteroatoms. The molecular weight excluding hydrogens is 156 g/mol. The lowest BCUT2D eigenvalue weighted by Crippen LogP contribution is -2.03. The van der Waals surface area contributed by atoms with Crippen molar-refractivity contribution in [3.8, 4) is 0 Å².